The van der Waals surface area contributed by atoms with Crippen LogP contribution in [0.4, 0.5) is 4.39 Å². The number of rotatable bonds is 8. The Morgan fingerprint density at radius 1 is 0.543 bits per heavy atom. The van der Waals surface area contributed by atoms with E-state index in [0.717, 1.165) is 0 Å². The molecule has 2 bridgehead atoms. The molecule has 5 aromatic carbocycles. The summed E-state index contributed by atoms with van der Waals surface area (Å²) in [6.07, 6.45) is -0.0599. The molecule has 3 aliphatic rings. The molecule has 5 aromatic rings. The van der Waals surface area contributed by atoms with E-state index in [2.05, 4.69) is 0 Å². The van der Waals surface area contributed by atoms with E-state index < -0.39 is 46.3 Å². The number of Topliss-reactive ketones (excluding diaryl/α,β-unsaturated/α-hetero) is 3. The van der Waals surface area contributed by atoms with E-state index in [1.165, 1.54) is 24.3 Å². The molecule has 2 saturated heterocycles. The van der Waals surface area contributed by atoms with Gasteiger partial charge in [-0.2, -0.15) is 0 Å². The molecule has 46 heavy (non-hydrogen) atoms. The Hall–Kier alpha value is -5.49. The van der Waals surface area contributed by atoms with Crippen LogP contribution in [0.25, 0.3) is 0 Å². The predicted octanol–water partition coefficient (Wildman–Crippen LogP) is 7.42. The number of halogens is 1. The summed E-state index contributed by atoms with van der Waals surface area (Å²) < 4.78 is 20.9. The number of fused-ring (bicyclic) bond motifs is 3. The number of carbonyl (C=O) groups excluding carboxylic acids is 4. The fraction of sp³-hybridized carbons (Fsp3) is 0.150. The fourth-order valence-corrected chi connectivity index (χ4v) is 7.65. The first-order valence-corrected chi connectivity index (χ1v) is 15.2. The van der Waals surface area contributed by atoms with Crippen molar-refractivity contribution in [1.29, 1.82) is 0 Å². The molecule has 0 aromatic heterocycles. The van der Waals surface area contributed by atoms with Gasteiger partial charge in [-0.05, 0) is 23.3 Å². The van der Waals surface area contributed by atoms with Crippen molar-refractivity contribution < 1.29 is 28.3 Å². The molecule has 6 heteroatoms. The van der Waals surface area contributed by atoms with Gasteiger partial charge in [0, 0.05) is 29.0 Å². The standard InChI is InChI=1S/C40H29FO5/c41-31-23-21-30(22-24-31)40-32(35(42)26-13-5-1-6-14-26)25-39(46-38(40)45,29-19-11-4-12-20-29)33(36(43)27-15-7-2-8-16-27)34(40)37(44)28-17-9-3-10-18-28/h1-24,32-34H,25H2/t32?,33-,34+,39+,40+/m1/s1. The van der Waals surface area contributed by atoms with Gasteiger partial charge < -0.3 is 4.74 Å². The summed E-state index contributed by atoms with van der Waals surface area (Å²) in [6.45, 7) is 0. The first-order valence-electron chi connectivity index (χ1n) is 15.2. The van der Waals surface area contributed by atoms with Crippen molar-refractivity contribution in [3.8, 4) is 0 Å². The zero-order valence-corrected chi connectivity index (χ0v) is 24.7. The highest BCUT2D eigenvalue weighted by molar-refractivity contribution is 6.13. The number of esters is 1. The second kappa shape index (κ2) is 11.5. The van der Waals surface area contributed by atoms with Gasteiger partial charge in [0.1, 0.15) is 16.8 Å². The van der Waals surface area contributed by atoms with Gasteiger partial charge in [0.25, 0.3) is 0 Å². The second-order valence-corrected chi connectivity index (χ2v) is 11.9. The van der Waals surface area contributed by atoms with Crippen molar-refractivity contribution in [1.82, 2.24) is 0 Å². The van der Waals surface area contributed by atoms with Crippen LogP contribution < -0.4 is 0 Å². The number of ketones is 3. The number of carbonyl (C=O) groups is 4. The largest absolute Gasteiger partial charge is 0.453 e. The van der Waals surface area contributed by atoms with E-state index in [9.17, 15) is 18.8 Å². The van der Waals surface area contributed by atoms with Crippen LogP contribution in [0, 0.1) is 23.6 Å². The molecule has 1 unspecified atom stereocenters. The van der Waals surface area contributed by atoms with Gasteiger partial charge in [-0.15, -0.1) is 0 Å². The first-order chi connectivity index (χ1) is 22.4. The van der Waals surface area contributed by atoms with Gasteiger partial charge in [-0.1, -0.05) is 133 Å². The number of hydrogen-bond acceptors (Lipinski definition) is 5. The maximum Gasteiger partial charge on any atom is 0.319 e. The summed E-state index contributed by atoms with van der Waals surface area (Å²) in [4.78, 5) is 59.6. The van der Waals surface area contributed by atoms with E-state index >= 15 is 4.79 Å². The van der Waals surface area contributed by atoms with E-state index in [-0.39, 0.29) is 29.1 Å². The smallest absolute Gasteiger partial charge is 0.319 e. The van der Waals surface area contributed by atoms with Crippen molar-refractivity contribution in [3.05, 3.63) is 179 Å². The molecule has 226 valence electrons. The van der Waals surface area contributed by atoms with Gasteiger partial charge in [-0.3, -0.25) is 19.2 Å². The summed E-state index contributed by atoms with van der Waals surface area (Å²) in [7, 11) is 0. The van der Waals surface area contributed by atoms with Crippen LogP contribution in [-0.2, 0) is 20.5 Å². The third-order valence-corrected chi connectivity index (χ3v) is 9.64. The van der Waals surface area contributed by atoms with E-state index in [4.69, 9.17) is 4.74 Å². The highest BCUT2D eigenvalue weighted by Gasteiger charge is 2.76. The Morgan fingerprint density at radius 2 is 0.978 bits per heavy atom. The third-order valence-electron chi connectivity index (χ3n) is 9.64. The summed E-state index contributed by atoms with van der Waals surface area (Å²) in [5.41, 5.74) is -1.85. The molecule has 2 aliphatic heterocycles. The molecule has 2 heterocycles. The topological polar surface area (TPSA) is 77.5 Å². The SMILES string of the molecule is O=C(c1ccccc1)C1C[C@@]2(c3ccccc3)OC(=O)[C@]1(c1ccc(F)cc1)[C@H](C(=O)c1ccccc1)[C@@H]2C(=O)c1ccccc1. The van der Waals surface area contributed by atoms with Gasteiger partial charge in [0.05, 0.1) is 11.8 Å². The molecular formula is C40H29FO5. The van der Waals surface area contributed by atoms with Crippen molar-refractivity contribution in [3.63, 3.8) is 0 Å². The van der Waals surface area contributed by atoms with Gasteiger partial charge in [0.15, 0.2) is 17.3 Å². The van der Waals surface area contributed by atoms with Crippen LogP contribution in [0.5, 0.6) is 0 Å². The molecule has 3 fully saturated rings. The van der Waals surface area contributed by atoms with Crippen LogP contribution >= 0.6 is 0 Å². The minimum atomic E-state index is -1.95. The average molecular weight is 609 g/mol. The third kappa shape index (κ3) is 4.44. The summed E-state index contributed by atoms with van der Waals surface area (Å²) in [6, 6.07) is 39.8. The van der Waals surface area contributed by atoms with E-state index in [1.54, 1.807) is 115 Å². The number of benzene rings is 5. The lowest BCUT2D eigenvalue weighted by Gasteiger charge is -2.62. The zero-order valence-electron chi connectivity index (χ0n) is 24.7. The second-order valence-electron chi connectivity index (χ2n) is 11.9. The molecule has 1 saturated carbocycles. The molecule has 0 N–H and O–H groups in total. The predicted molar refractivity (Wildman–Crippen MR) is 170 cm³/mol. The minimum absolute atomic E-state index is 0.0599. The lowest BCUT2D eigenvalue weighted by atomic mass is 9.43. The van der Waals surface area contributed by atoms with Crippen molar-refractivity contribution in [2.75, 3.05) is 0 Å². The van der Waals surface area contributed by atoms with Crippen LogP contribution in [0.2, 0.25) is 0 Å². The molecule has 8 rings (SSSR count). The molecular weight excluding hydrogens is 579 g/mol. The Balaban J connectivity index is 1.59. The monoisotopic (exact) mass is 608 g/mol. The summed E-state index contributed by atoms with van der Waals surface area (Å²) >= 11 is 0. The Morgan fingerprint density at radius 3 is 1.48 bits per heavy atom. The van der Waals surface area contributed by atoms with E-state index in [0.29, 0.717) is 16.7 Å². The normalized spacial score (nSPS) is 25.0. The minimum Gasteiger partial charge on any atom is -0.453 e. The lowest BCUT2D eigenvalue weighted by molar-refractivity contribution is -0.220. The van der Waals surface area contributed by atoms with Crippen LogP contribution in [0.3, 0.4) is 0 Å². The molecule has 1 aliphatic carbocycles. The van der Waals surface area contributed by atoms with Gasteiger partial charge in [0.2, 0.25) is 0 Å². The van der Waals surface area contributed by atoms with Crippen LogP contribution in [-0.4, -0.2) is 23.3 Å². The van der Waals surface area contributed by atoms with Crippen LogP contribution in [0.15, 0.2) is 146 Å². The Kier molecular flexibility index (Phi) is 7.28. The maximum atomic E-state index is 15.1. The highest BCUT2D eigenvalue weighted by Crippen LogP contribution is 2.65. The molecule has 0 spiro atoms. The molecule has 5 atom stereocenters. The number of ether oxygens (including phenoxy) is 1. The Bertz CT molecular complexity index is 1930. The Labute approximate surface area is 265 Å². The van der Waals surface area contributed by atoms with Crippen molar-refractivity contribution >= 4 is 23.3 Å². The van der Waals surface area contributed by atoms with E-state index in [1.807, 2.05) is 6.07 Å². The molecule has 5 nitrogen and oxygen atoms in total. The fourth-order valence-electron chi connectivity index (χ4n) is 7.65. The summed E-state index contributed by atoms with van der Waals surface area (Å²) in [5.74, 6) is -6.28. The van der Waals surface area contributed by atoms with Gasteiger partial charge in [-0.25, -0.2) is 4.39 Å². The summed E-state index contributed by atoms with van der Waals surface area (Å²) in [5, 5.41) is 0. The highest BCUT2D eigenvalue weighted by atomic mass is 19.1. The van der Waals surface area contributed by atoms with Gasteiger partial charge >= 0.3 is 5.97 Å². The lowest BCUT2D eigenvalue weighted by Crippen LogP contribution is -2.73. The number of hydrogen-bond donors (Lipinski definition) is 0. The maximum absolute atomic E-state index is 15.1. The van der Waals surface area contributed by atoms with Crippen molar-refractivity contribution in [2.24, 2.45) is 17.8 Å². The van der Waals surface area contributed by atoms with Crippen LogP contribution in [0.1, 0.15) is 48.6 Å². The molecule has 0 amide bonds. The van der Waals surface area contributed by atoms with Crippen molar-refractivity contribution in [2.45, 2.75) is 17.4 Å². The zero-order chi connectivity index (χ0) is 31.9. The first kappa shape index (κ1) is 29.2. The average Bonchev–Trinajstić information content (AvgIpc) is 3.12. The quantitative estimate of drug-likeness (QED) is 0.135. The molecule has 0 radical (unpaired) electrons.